The van der Waals surface area contributed by atoms with Gasteiger partial charge < -0.3 is 24.8 Å². The van der Waals surface area contributed by atoms with Crippen molar-refractivity contribution < 1.29 is 49.0 Å². The Hall–Kier alpha value is -2.83. The molecule has 1 atom stereocenters. The van der Waals surface area contributed by atoms with Crippen LogP contribution in [-0.4, -0.2) is 3.21 Å². The van der Waals surface area contributed by atoms with Crippen molar-refractivity contribution in [3.8, 4) is 11.1 Å². The predicted molar refractivity (Wildman–Crippen MR) is 249 cm³/mol. The van der Waals surface area contributed by atoms with Gasteiger partial charge in [0.1, 0.15) is 0 Å². The first kappa shape index (κ1) is 49.8. The van der Waals surface area contributed by atoms with Crippen LogP contribution in [0.25, 0.3) is 22.3 Å². The summed E-state index contributed by atoms with van der Waals surface area (Å²) >= 11 is 1.46. The van der Waals surface area contributed by atoms with Crippen LogP contribution >= 0.6 is 0 Å². The van der Waals surface area contributed by atoms with E-state index in [-0.39, 0.29) is 46.5 Å². The molecule has 316 valence electrons. The number of benzene rings is 4. The van der Waals surface area contributed by atoms with Crippen molar-refractivity contribution >= 4 is 14.4 Å². The fourth-order valence-corrected chi connectivity index (χ4v) is 9.58. The van der Waals surface area contributed by atoms with Crippen molar-refractivity contribution in [2.24, 2.45) is 22.2 Å². The second-order valence-corrected chi connectivity index (χ2v) is 22.7. The standard InChI is InChI=1S/C31H37.C15H14.C11H17.2ClH.Zr/c1-28(2,3)26-16-30(7,8)24-12-18-11-19-13-25-23(15-21(19)20(18)14-22(24)26)27(29(4,5)6)17-31(25,9)10;1-12-3-7-14(8-4-12)11-15-9-5-13(2)6-10-15;1-5-9-6-7-10(8-9)11(2,3)4;;;/h12-16H,11H2,1-10H3;3-10H,1-2H3;7-9H,5H2,1-4H3;2*1H;/q-1;;-1;;;+2/p-2. The molecule has 0 heterocycles. The minimum Gasteiger partial charge on any atom is -1.00 e. The fourth-order valence-electron chi connectivity index (χ4n) is 8.76. The summed E-state index contributed by atoms with van der Waals surface area (Å²) in [5, 5.41) is 0. The van der Waals surface area contributed by atoms with Crippen LogP contribution in [0.5, 0.6) is 0 Å². The van der Waals surface area contributed by atoms with Gasteiger partial charge in [-0.25, -0.2) is 11.6 Å². The first-order valence-corrected chi connectivity index (χ1v) is 22.8. The number of halogens is 2. The van der Waals surface area contributed by atoms with Crippen molar-refractivity contribution in [3.63, 3.8) is 0 Å². The van der Waals surface area contributed by atoms with E-state index in [1.165, 1.54) is 117 Å². The minimum atomic E-state index is -0.0202. The van der Waals surface area contributed by atoms with E-state index in [1.807, 2.05) is 0 Å². The normalized spacial score (nSPS) is 17.5. The second-order valence-electron chi connectivity index (χ2n) is 21.5. The molecule has 0 bridgehead atoms. The van der Waals surface area contributed by atoms with Crippen LogP contribution in [0.1, 0.15) is 159 Å². The predicted octanol–water partition coefficient (Wildman–Crippen LogP) is 9.29. The van der Waals surface area contributed by atoms with E-state index in [9.17, 15) is 0 Å². The molecule has 0 aromatic heterocycles. The van der Waals surface area contributed by atoms with Gasteiger partial charge in [-0.1, -0.05) is 138 Å². The Labute approximate surface area is 392 Å². The zero-order valence-electron chi connectivity index (χ0n) is 39.4. The van der Waals surface area contributed by atoms with E-state index >= 15 is 0 Å². The topological polar surface area (TPSA) is 0 Å². The first-order valence-electron chi connectivity index (χ1n) is 21.6. The van der Waals surface area contributed by atoms with Gasteiger partial charge in [-0.05, 0) is 62.3 Å². The molecular weight excluding hydrogens is 847 g/mol. The number of aryl methyl sites for hydroxylation is 2. The Morgan fingerprint density at radius 2 is 1.13 bits per heavy atom. The van der Waals surface area contributed by atoms with E-state index in [0.717, 1.165) is 6.42 Å². The van der Waals surface area contributed by atoms with Gasteiger partial charge in [0.2, 0.25) is 0 Å². The van der Waals surface area contributed by atoms with E-state index in [2.05, 4.69) is 214 Å². The summed E-state index contributed by atoms with van der Waals surface area (Å²) in [6.45, 7) is 36.5. The molecule has 0 spiro atoms. The van der Waals surface area contributed by atoms with Crippen LogP contribution in [-0.2, 0) is 41.5 Å². The van der Waals surface area contributed by atoms with E-state index in [1.54, 1.807) is 0 Å². The van der Waals surface area contributed by atoms with Crippen molar-refractivity contribution in [2.75, 3.05) is 0 Å². The summed E-state index contributed by atoms with van der Waals surface area (Å²) < 4.78 is 1.42. The van der Waals surface area contributed by atoms with Crippen LogP contribution in [0.15, 0.2) is 96.6 Å². The molecular formula is C57H68Cl2Zr-2. The van der Waals surface area contributed by atoms with Crippen molar-refractivity contribution in [2.45, 2.75) is 134 Å². The average Bonchev–Trinajstić information content (AvgIpc) is 3.89. The van der Waals surface area contributed by atoms with Crippen LogP contribution < -0.4 is 24.8 Å². The quantitative estimate of drug-likeness (QED) is 0.159. The van der Waals surface area contributed by atoms with Gasteiger partial charge in [-0.2, -0.15) is 17.2 Å². The molecule has 4 aromatic carbocycles. The molecule has 4 aromatic rings. The maximum atomic E-state index is 3.85. The molecule has 1 unspecified atom stereocenters. The molecule has 0 radical (unpaired) electrons. The van der Waals surface area contributed by atoms with Crippen molar-refractivity contribution in [1.29, 1.82) is 0 Å². The Bertz CT molecular complexity index is 2210. The molecule has 0 fully saturated rings. The summed E-state index contributed by atoms with van der Waals surface area (Å²) in [5.74, 6) is 0.573. The maximum absolute atomic E-state index is 3.85. The van der Waals surface area contributed by atoms with Gasteiger partial charge >= 0.3 is 112 Å². The van der Waals surface area contributed by atoms with E-state index in [0.29, 0.717) is 11.3 Å². The van der Waals surface area contributed by atoms with E-state index in [4.69, 9.17) is 0 Å². The second kappa shape index (κ2) is 18.1. The molecule has 0 aliphatic heterocycles. The van der Waals surface area contributed by atoms with E-state index < -0.39 is 0 Å². The smallest absolute Gasteiger partial charge is 1.00 e. The van der Waals surface area contributed by atoms with Gasteiger partial charge in [0, 0.05) is 5.41 Å². The van der Waals surface area contributed by atoms with Crippen LogP contribution in [0, 0.1) is 48.2 Å². The third kappa shape index (κ3) is 10.5. The number of allylic oxidation sites excluding steroid dienone is 8. The SMILES string of the molecule is CC(C)(C)C1=[C-]C(C)(C)c2cc3c(cc21)-c1cc2c(cc1C3)C(C)(C)C=C2C(C)(C)C.CCC1[C-]=CC(C(C)(C)C)=C1.Cc1ccc([C](=[Zr+2])c2ccc(C)cc2)cc1.[Cl-].[Cl-]. The molecule has 4 aliphatic carbocycles. The van der Waals surface area contributed by atoms with Crippen LogP contribution in [0.2, 0.25) is 0 Å². The summed E-state index contributed by atoms with van der Waals surface area (Å²) in [6.07, 6.45) is 16.4. The Morgan fingerprint density at radius 1 is 0.650 bits per heavy atom. The van der Waals surface area contributed by atoms with Crippen molar-refractivity contribution in [3.05, 3.63) is 164 Å². The van der Waals surface area contributed by atoms with Gasteiger partial charge in [0.05, 0.1) is 0 Å². The fraction of sp³-hybridized carbons (Fsp3) is 0.421. The molecule has 4 aliphatic rings. The molecule has 0 N–H and O–H groups in total. The largest absolute Gasteiger partial charge is 1.00 e. The maximum Gasteiger partial charge on any atom is -1.00 e. The third-order valence-electron chi connectivity index (χ3n) is 12.4. The Morgan fingerprint density at radius 3 is 1.55 bits per heavy atom. The first-order chi connectivity index (χ1) is 26.8. The van der Waals surface area contributed by atoms with Gasteiger partial charge in [-0.3, -0.25) is 12.2 Å². The zero-order chi connectivity index (χ0) is 42.7. The Kier molecular flexibility index (Phi) is 15.0. The van der Waals surface area contributed by atoms with Gasteiger partial charge in [-0.15, -0.1) is 11.6 Å². The number of rotatable bonds is 3. The van der Waals surface area contributed by atoms with Crippen LogP contribution in [0.4, 0.5) is 0 Å². The van der Waals surface area contributed by atoms with Gasteiger partial charge in [0.25, 0.3) is 0 Å². The molecule has 0 amide bonds. The molecule has 8 rings (SSSR count). The summed E-state index contributed by atoms with van der Waals surface area (Å²) in [7, 11) is 0. The van der Waals surface area contributed by atoms with Crippen molar-refractivity contribution in [1.82, 2.24) is 0 Å². The number of fused-ring (bicyclic) bond motifs is 5. The molecule has 0 saturated carbocycles. The summed E-state index contributed by atoms with van der Waals surface area (Å²) in [5.41, 5.74) is 21.9. The summed E-state index contributed by atoms with van der Waals surface area (Å²) in [6, 6.07) is 27.5. The zero-order valence-corrected chi connectivity index (χ0v) is 43.4. The van der Waals surface area contributed by atoms with Crippen LogP contribution in [0.3, 0.4) is 0 Å². The monoisotopic (exact) mass is 912 g/mol. The third-order valence-corrected chi connectivity index (χ3v) is 13.8. The number of hydrogen-bond donors (Lipinski definition) is 0. The van der Waals surface area contributed by atoms with Gasteiger partial charge in [0.15, 0.2) is 0 Å². The molecule has 60 heavy (non-hydrogen) atoms. The summed E-state index contributed by atoms with van der Waals surface area (Å²) in [4.78, 5) is 0. The molecule has 3 heteroatoms. The average molecular weight is 915 g/mol. The molecule has 0 nitrogen and oxygen atoms in total. The minimum absolute atomic E-state index is 0. The number of hydrogen-bond acceptors (Lipinski definition) is 0. The molecule has 0 saturated heterocycles. The Balaban J connectivity index is 0.000000229.